The van der Waals surface area contributed by atoms with Crippen molar-refractivity contribution in [2.24, 2.45) is 17.8 Å². The Balaban J connectivity index is 1.53. The van der Waals surface area contributed by atoms with Crippen molar-refractivity contribution in [2.45, 2.75) is 87.7 Å². The SMILES string of the molecule is CN1C(=O)C2CC(S(=O)(=O)NC3(C)CC3)CCC2N(CC2CCCCC2C(F)(F)F)C1=O. The molecule has 5 unspecified atom stereocenters. The number of carbonyl (C=O) groups is 2. The van der Waals surface area contributed by atoms with Gasteiger partial charge in [0.2, 0.25) is 15.9 Å². The molecule has 0 aromatic heterocycles. The second-order valence-electron chi connectivity index (χ2n) is 10.3. The highest BCUT2D eigenvalue weighted by molar-refractivity contribution is 7.90. The van der Waals surface area contributed by atoms with Gasteiger partial charge in [-0.1, -0.05) is 12.8 Å². The molecular formula is C21H32F3N3O4S. The van der Waals surface area contributed by atoms with Crippen molar-refractivity contribution >= 4 is 22.0 Å². The summed E-state index contributed by atoms with van der Waals surface area (Å²) in [5, 5.41) is -0.744. The Hall–Kier alpha value is -1.36. The van der Waals surface area contributed by atoms with Crippen molar-refractivity contribution < 1.29 is 31.2 Å². The third kappa shape index (κ3) is 4.51. The van der Waals surface area contributed by atoms with E-state index in [9.17, 15) is 31.2 Å². The molecule has 3 saturated carbocycles. The maximum absolute atomic E-state index is 13.6. The largest absolute Gasteiger partial charge is 0.392 e. The van der Waals surface area contributed by atoms with Crippen LogP contribution >= 0.6 is 0 Å². The molecule has 0 aromatic carbocycles. The lowest BCUT2D eigenvalue weighted by Crippen LogP contribution is -2.64. The molecule has 11 heteroatoms. The molecule has 5 atom stereocenters. The van der Waals surface area contributed by atoms with Crippen LogP contribution in [0.3, 0.4) is 0 Å². The first-order chi connectivity index (χ1) is 14.8. The van der Waals surface area contributed by atoms with Crippen LogP contribution in [0.1, 0.15) is 64.7 Å². The summed E-state index contributed by atoms with van der Waals surface area (Å²) in [4.78, 5) is 28.2. The number of rotatable bonds is 5. The van der Waals surface area contributed by atoms with Crippen LogP contribution in [0, 0.1) is 17.8 Å². The number of carbonyl (C=O) groups excluding carboxylic acids is 2. The van der Waals surface area contributed by atoms with Crippen LogP contribution in [0.5, 0.6) is 0 Å². The summed E-state index contributed by atoms with van der Waals surface area (Å²) in [5.41, 5.74) is -0.418. The van der Waals surface area contributed by atoms with Gasteiger partial charge in [-0.3, -0.25) is 9.69 Å². The van der Waals surface area contributed by atoms with Gasteiger partial charge in [-0.15, -0.1) is 0 Å². The molecular weight excluding hydrogens is 447 g/mol. The highest BCUT2D eigenvalue weighted by Gasteiger charge is 2.53. The highest BCUT2D eigenvalue weighted by Crippen LogP contribution is 2.44. The standard InChI is InChI=1S/C21H32F3N3O4S/c1-20(9-10-20)25-32(30,31)14-7-8-17-15(11-14)18(28)26(2)19(29)27(17)12-13-5-3-4-6-16(13)21(22,23)24/h13-17,25H,3-12H2,1-2H3. The van der Waals surface area contributed by atoms with E-state index in [4.69, 9.17) is 0 Å². The molecule has 1 saturated heterocycles. The number of alkyl halides is 3. The fourth-order valence-corrected chi connectivity index (χ4v) is 7.72. The van der Waals surface area contributed by atoms with Crippen LogP contribution < -0.4 is 4.72 Å². The number of amides is 3. The quantitative estimate of drug-likeness (QED) is 0.656. The summed E-state index contributed by atoms with van der Waals surface area (Å²) in [6, 6.07) is -1.13. The molecule has 4 aliphatic rings. The van der Waals surface area contributed by atoms with E-state index >= 15 is 0 Å². The maximum Gasteiger partial charge on any atom is 0.392 e. The number of fused-ring (bicyclic) bond motifs is 1. The molecule has 4 rings (SSSR count). The zero-order chi connectivity index (χ0) is 23.5. The number of hydrogen-bond acceptors (Lipinski definition) is 4. The topological polar surface area (TPSA) is 86.8 Å². The zero-order valence-electron chi connectivity index (χ0n) is 18.5. The van der Waals surface area contributed by atoms with Crippen molar-refractivity contribution in [1.82, 2.24) is 14.5 Å². The van der Waals surface area contributed by atoms with Crippen molar-refractivity contribution in [3.05, 3.63) is 0 Å². The Kier molecular flexibility index (Phi) is 6.05. The summed E-state index contributed by atoms with van der Waals surface area (Å²) < 4.78 is 69.3. The molecule has 3 amide bonds. The van der Waals surface area contributed by atoms with E-state index < -0.39 is 62.7 Å². The van der Waals surface area contributed by atoms with E-state index in [-0.39, 0.29) is 25.8 Å². The van der Waals surface area contributed by atoms with Crippen LogP contribution in [-0.2, 0) is 14.8 Å². The Morgan fingerprint density at radius 3 is 2.38 bits per heavy atom. The Morgan fingerprint density at radius 2 is 1.75 bits per heavy atom. The first-order valence-corrected chi connectivity index (χ1v) is 13.0. The minimum atomic E-state index is -4.32. The molecule has 1 N–H and O–H groups in total. The van der Waals surface area contributed by atoms with Crippen molar-refractivity contribution in [1.29, 1.82) is 0 Å². The molecule has 1 heterocycles. The number of imide groups is 1. The van der Waals surface area contributed by atoms with E-state index in [0.717, 1.165) is 17.7 Å². The Labute approximate surface area is 187 Å². The van der Waals surface area contributed by atoms with E-state index in [1.54, 1.807) is 0 Å². The molecule has 182 valence electrons. The number of urea groups is 1. The van der Waals surface area contributed by atoms with Crippen molar-refractivity contribution in [2.75, 3.05) is 13.6 Å². The minimum absolute atomic E-state index is 0.0461. The van der Waals surface area contributed by atoms with E-state index in [1.807, 2.05) is 6.92 Å². The third-order valence-corrected chi connectivity index (χ3v) is 10.0. The lowest BCUT2D eigenvalue weighted by molar-refractivity contribution is -0.198. The fraction of sp³-hybridized carbons (Fsp3) is 0.905. The van der Waals surface area contributed by atoms with Crippen molar-refractivity contribution in [3.8, 4) is 0 Å². The number of nitrogens with zero attached hydrogens (tertiary/aromatic N) is 2. The van der Waals surface area contributed by atoms with Crippen molar-refractivity contribution in [3.63, 3.8) is 0 Å². The van der Waals surface area contributed by atoms with Gasteiger partial charge in [-0.25, -0.2) is 17.9 Å². The van der Waals surface area contributed by atoms with Gasteiger partial charge in [0.05, 0.1) is 17.1 Å². The molecule has 7 nitrogen and oxygen atoms in total. The summed E-state index contributed by atoms with van der Waals surface area (Å²) in [6.07, 6.45) is -0.461. The number of nitrogens with one attached hydrogen (secondary N) is 1. The third-order valence-electron chi connectivity index (χ3n) is 7.93. The highest BCUT2D eigenvalue weighted by atomic mass is 32.2. The monoisotopic (exact) mass is 479 g/mol. The summed E-state index contributed by atoms with van der Waals surface area (Å²) in [5.74, 6) is -3.31. The normalized spacial score (nSPS) is 35.6. The van der Waals surface area contributed by atoms with E-state index in [2.05, 4.69) is 4.72 Å². The zero-order valence-corrected chi connectivity index (χ0v) is 19.3. The minimum Gasteiger partial charge on any atom is -0.320 e. The molecule has 3 aliphatic carbocycles. The number of sulfonamides is 1. The number of halogens is 3. The first kappa shape index (κ1) is 23.8. The average molecular weight is 480 g/mol. The molecule has 0 spiro atoms. The first-order valence-electron chi connectivity index (χ1n) is 11.5. The second kappa shape index (κ2) is 8.14. The van der Waals surface area contributed by atoms with Gasteiger partial charge in [0, 0.05) is 25.2 Å². The molecule has 32 heavy (non-hydrogen) atoms. The predicted octanol–water partition coefficient (Wildman–Crippen LogP) is 3.26. The van der Waals surface area contributed by atoms with Gasteiger partial charge in [-0.05, 0) is 57.8 Å². The number of hydrogen-bond donors (Lipinski definition) is 1. The van der Waals surface area contributed by atoms with Crippen LogP contribution in [0.15, 0.2) is 0 Å². The summed E-state index contributed by atoms with van der Waals surface area (Å²) in [7, 11) is -2.30. The van der Waals surface area contributed by atoms with Gasteiger partial charge in [-0.2, -0.15) is 13.2 Å². The van der Waals surface area contributed by atoms with Gasteiger partial charge in [0.25, 0.3) is 0 Å². The Morgan fingerprint density at radius 1 is 1.09 bits per heavy atom. The molecule has 1 aliphatic heterocycles. The summed E-state index contributed by atoms with van der Waals surface area (Å²) in [6.45, 7) is 1.80. The van der Waals surface area contributed by atoms with E-state index in [1.165, 1.54) is 11.9 Å². The average Bonchev–Trinajstić information content (AvgIpc) is 3.44. The molecule has 4 fully saturated rings. The van der Waals surface area contributed by atoms with Crippen LogP contribution in [0.25, 0.3) is 0 Å². The fourth-order valence-electron chi connectivity index (χ4n) is 5.75. The Bertz CT molecular complexity index is 874. The van der Waals surface area contributed by atoms with Gasteiger partial charge < -0.3 is 4.90 Å². The van der Waals surface area contributed by atoms with Gasteiger partial charge >= 0.3 is 12.2 Å². The lowest BCUT2D eigenvalue weighted by atomic mass is 9.76. The lowest BCUT2D eigenvalue weighted by Gasteiger charge is -2.49. The van der Waals surface area contributed by atoms with Crippen LogP contribution in [0.2, 0.25) is 0 Å². The predicted molar refractivity (Wildman–Crippen MR) is 111 cm³/mol. The van der Waals surface area contributed by atoms with Crippen LogP contribution in [0.4, 0.5) is 18.0 Å². The van der Waals surface area contributed by atoms with Gasteiger partial charge in [0.1, 0.15) is 0 Å². The molecule has 0 radical (unpaired) electrons. The van der Waals surface area contributed by atoms with Gasteiger partial charge in [0.15, 0.2) is 0 Å². The van der Waals surface area contributed by atoms with Crippen LogP contribution in [-0.4, -0.2) is 66.8 Å². The second-order valence-corrected chi connectivity index (χ2v) is 12.3. The maximum atomic E-state index is 13.6. The van der Waals surface area contributed by atoms with E-state index in [0.29, 0.717) is 25.7 Å². The smallest absolute Gasteiger partial charge is 0.320 e. The molecule has 0 bridgehead atoms. The molecule has 0 aromatic rings. The summed E-state index contributed by atoms with van der Waals surface area (Å²) >= 11 is 0.